The van der Waals surface area contributed by atoms with Gasteiger partial charge in [-0.2, -0.15) is 22.5 Å². The van der Waals surface area contributed by atoms with Crippen molar-refractivity contribution >= 4 is 16.7 Å². The summed E-state index contributed by atoms with van der Waals surface area (Å²) in [6.07, 6.45) is 0.502. The van der Waals surface area contributed by atoms with Crippen LogP contribution in [0.25, 0.3) is 0 Å². The summed E-state index contributed by atoms with van der Waals surface area (Å²) in [6.45, 7) is 0. The lowest BCUT2D eigenvalue weighted by atomic mass is 10.0. The third kappa shape index (κ3) is 3.32. The Hall–Kier alpha value is -0.890. The number of hydrogen-bond donors (Lipinski definition) is 2. The van der Waals surface area contributed by atoms with E-state index in [1.165, 1.54) is 0 Å². The summed E-state index contributed by atoms with van der Waals surface area (Å²) in [4.78, 5) is 3.46. The highest BCUT2D eigenvalue weighted by molar-refractivity contribution is 7.09. The van der Waals surface area contributed by atoms with Crippen molar-refractivity contribution in [3.05, 3.63) is 5.82 Å². The van der Waals surface area contributed by atoms with Crippen molar-refractivity contribution in [2.75, 3.05) is 5.32 Å². The first-order valence-corrected chi connectivity index (χ1v) is 6.67. The normalized spacial score (nSPS) is 25.8. The third-order valence-corrected chi connectivity index (χ3v) is 3.70. The minimum absolute atomic E-state index is 0.0125. The van der Waals surface area contributed by atoms with Crippen molar-refractivity contribution in [2.45, 2.75) is 50.4 Å². The van der Waals surface area contributed by atoms with Crippen molar-refractivity contribution in [3.8, 4) is 0 Å². The standard InChI is InChI=1S/C10H15F3N4S/c11-10(12,13)8-16-9(18-17-8)15-7-5-3-1-2-4-6(7)14/h6-7H,1-5,14H2,(H,15,16,17). The lowest BCUT2D eigenvalue weighted by Crippen LogP contribution is -2.39. The average Bonchev–Trinajstić information content (AvgIpc) is 2.66. The highest BCUT2D eigenvalue weighted by atomic mass is 32.1. The van der Waals surface area contributed by atoms with Crippen LogP contribution in [0.3, 0.4) is 0 Å². The maximum atomic E-state index is 12.4. The van der Waals surface area contributed by atoms with Crippen LogP contribution in [0.15, 0.2) is 0 Å². The Balaban J connectivity index is 2.02. The smallest absolute Gasteiger partial charge is 0.356 e. The molecule has 1 saturated carbocycles. The van der Waals surface area contributed by atoms with Crippen LogP contribution in [0.2, 0.25) is 0 Å². The topological polar surface area (TPSA) is 63.8 Å². The maximum Gasteiger partial charge on any atom is 0.452 e. The van der Waals surface area contributed by atoms with Gasteiger partial charge in [-0.3, -0.25) is 0 Å². The lowest BCUT2D eigenvalue weighted by Gasteiger charge is -2.21. The predicted octanol–water partition coefficient (Wildman–Crippen LogP) is 2.63. The van der Waals surface area contributed by atoms with Crippen molar-refractivity contribution in [1.29, 1.82) is 0 Å². The molecule has 1 aromatic heterocycles. The molecule has 2 atom stereocenters. The second kappa shape index (κ2) is 5.40. The highest BCUT2D eigenvalue weighted by Gasteiger charge is 2.36. The summed E-state index contributed by atoms with van der Waals surface area (Å²) < 4.78 is 40.4. The summed E-state index contributed by atoms with van der Waals surface area (Å²) in [5.41, 5.74) is 5.99. The third-order valence-electron chi connectivity index (χ3n) is 3.06. The Kier molecular flexibility index (Phi) is 4.06. The summed E-state index contributed by atoms with van der Waals surface area (Å²) in [5, 5.41) is 3.18. The predicted molar refractivity (Wildman–Crippen MR) is 63.4 cm³/mol. The number of alkyl halides is 3. The molecule has 0 radical (unpaired) electrons. The van der Waals surface area contributed by atoms with Gasteiger partial charge in [0.25, 0.3) is 0 Å². The SMILES string of the molecule is NC1CCCCCC1Nc1nc(C(F)(F)F)ns1. The molecule has 102 valence electrons. The molecule has 3 N–H and O–H groups in total. The molecule has 1 fully saturated rings. The zero-order chi connectivity index (χ0) is 13.2. The van der Waals surface area contributed by atoms with Gasteiger partial charge in [0, 0.05) is 23.6 Å². The highest BCUT2D eigenvalue weighted by Crippen LogP contribution is 2.30. The number of rotatable bonds is 2. The number of aromatic nitrogens is 2. The van der Waals surface area contributed by atoms with E-state index in [-0.39, 0.29) is 17.2 Å². The Morgan fingerprint density at radius 2 is 1.94 bits per heavy atom. The summed E-state index contributed by atoms with van der Waals surface area (Å²) in [6, 6.07) is -0.0488. The molecule has 0 aliphatic heterocycles. The maximum absolute atomic E-state index is 12.4. The Morgan fingerprint density at radius 1 is 1.22 bits per heavy atom. The molecule has 1 heterocycles. The van der Waals surface area contributed by atoms with Crippen LogP contribution in [0.4, 0.5) is 18.3 Å². The summed E-state index contributed by atoms with van der Waals surface area (Å²) in [7, 11) is 0. The molecule has 0 amide bonds. The van der Waals surface area contributed by atoms with E-state index in [0.717, 1.165) is 43.6 Å². The quantitative estimate of drug-likeness (QED) is 0.817. The number of nitrogens with one attached hydrogen (secondary N) is 1. The minimum atomic E-state index is -4.48. The van der Waals surface area contributed by atoms with E-state index in [1.54, 1.807) is 0 Å². The second-order valence-corrected chi connectivity index (χ2v) is 5.23. The largest absolute Gasteiger partial charge is 0.452 e. The Labute approximate surface area is 107 Å². The molecule has 1 aliphatic carbocycles. The van der Waals surface area contributed by atoms with Gasteiger partial charge in [0.05, 0.1) is 0 Å². The second-order valence-electron chi connectivity index (χ2n) is 4.47. The molecule has 1 aromatic rings. The summed E-state index contributed by atoms with van der Waals surface area (Å²) >= 11 is 0.731. The van der Waals surface area contributed by atoms with Gasteiger partial charge in [-0.25, -0.2) is 0 Å². The van der Waals surface area contributed by atoms with Gasteiger partial charge >= 0.3 is 6.18 Å². The van der Waals surface area contributed by atoms with Gasteiger partial charge in [0.2, 0.25) is 11.0 Å². The first-order chi connectivity index (χ1) is 8.47. The Bertz CT molecular complexity index is 393. The van der Waals surface area contributed by atoms with Crippen LogP contribution < -0.4 is 11.1 Å². The van der Waals surface area contributed by atoms with Crippen molar-refractivity contribution < 1.29 is 13.2 Å². The van der Waals surface area contributed by atoms with Gasteiger partial charge in [-0.1, -0.05) is 19.3 Å². The number of nitrogens with two attached hydrogens (primary N) is 1. The average molecular weight is 280 g/mol. The molecule has 0 spiro atoms. The van der Waals surface area contributed by atoms with E-state index in [9.17, 15) is 13.2 Å². The zero-order valence-electron chi connectivity index (χ0n) is 9.70. The zero-order valence-corrected chi connectivity index (χ0v) is 10.5. The fraction of sp³-hybridized carbons (Fsp3) is 0.800. The molecule has 2 unspecified atom stereocenters. The number of nitrogens with zero attached hydrogens (tertiary/aromatic N) is 2. The van der Waals surface area contributed by atoms with Gasteiger partial charge < -0.3 is 11.1 Å². The fourth-order valence-electron chi connectivity index (χ4n) is 2.07. The number of hydrogen-bond acceptors (Lipinski definition) is 5. The van der Waals surface area contributed by atoms with Crippen LogP contribution in [0.5, 0.6) is 0 Å². The van der Waals surface area contributed by atoms with Crippen LogP contribution in [0.1, 0.15) is 37.9 Å². The van der Waals surface area contributed by atoms with E-state index in [0.29, 0.717) is 0 Å². The van der Waals surface area contributed by atoms with E-state index >= 15 is 0 Å². The molecule has 2 rings (SSSR count). The van der Waals surface area contributed by atoms with E-state index in [4.69, 9.17) is 5.73 Å². The number of anilines is 1. The van der Waals surface area contributed by atoms with Crippen LogP contribution in [0, 0.1) is 0 Å². The Morgan fingerprint density at radius 3 is 2.61 bits per heavy atom. The van der Waals surface area contributed by atoms with E-state index in [2.05, 4.69) is 14.7 Å². The minimum Gasteiger partial charge on any atom is -0.356 e. The van der Waals surface area contributed by atoms with E-state index < -0.39 is 12.0 Å². The summed E-state index contributed by atoms with van der Waals surface area (Å²) in [5.74, 6) is -1.09. The van der Waals surface area contributed by atoms with Crippen LogP contribution >= 0.6 is 11.5 Å². The molecule has 18 heavy (non-hydrogen) atoms. The molecule has 0 aromatic carbocycles. The van der Waals surface area contributed by atoms with Crippen molar-refractivity contribution in [1.82, 2.24) is 9.36 Å². The van der Waals surface area contributed by atoms with E-state index in [1.807, 2.05) is 0 Å². The molecule has 0 bridgehead atoms. The first kappa shape index (κ1) is 13.5. The molecule has 1 aliphatic rings. The van der Waals surface area contributed by atoms with Gasteiger partial charge in [-0.05, 0) is 12.8 Å². The van der Waals surface area contributed by atoms with Gasteiger partial charge in [0.1, 0.15) is 0 Å². The van der Waals surface area contributed by atoms with Crippen LogP contribution in [-0.4, -0.2) is 21.4 Å². The molecule has 8 heteroatoms. The number of halogens is 3. The van der Waals surface area contributed by atoms with Gasteiger partial charge in [0.15, 0.2) is 0 Å². The van der Waals surface area contributed by atoms with Gasteiger partial charge in [-0.15, -0.1) is 0 Å². The molecular weight excluding hydrogens is 265 g/mol. The molecule has 0 saturated heterocycles. The lowest BCUT2D eigenvalue weighted by molar-refractivity contribution is -0.144. The van der Waals surface area contributed by atoms with Crippen molar-refractivity contribution in [2.24, 2.45) is 5.73 Å². The first-order valence-electron chi connectivity index (χ1n) is 5.90. The molecular formula is C10H15F3N4S. The fourth-order valence-corrected chi connectivity index (χ4v) is 2.72. The van der Waals surface area contributed by atoms with Crippen molar-refractivity contribution in [3.63, 3.8) is 0 Å². The van der Waals surface area contributed by atoms with Crippen LogP contribution in [-0.2, 0) is 6.18 Å². The molecule has 4 nitrogen and oxygen atoms in total. The monoisotopic (exact) mass is 280 g/mol.